The van der Waals surface area contributed by atoms with Crippen molar-refractivity contribution in [3.8, 4) is 11.4 Å². The van der Waals surface area contributed by atoms with Crippen LogP contribution in [0.3, 0.4) is 0 Å². The molecule has 4 amide bonds. The Morgan fingerprint density at radius 2 is 1.73 bits per heavy atom. The second kappa shape index (κ2) is 11.7. The van der Waals surface area contributed by atoms with Crippen LogP contribution in [0.15, 0.2) is 84.6 Å². The molecule has 0 bridgehead atoms. The third kappa shape index (κ3) is 6.00. The van der Waals surface area contributed by atoms with Gasteiger partial charge in [0.25, 0.3) is 5.91 Å². The van der Waals surface area contributed by atoms with Gasteiger partial charge >= 0.3 is 6.03 Å². The predicted octanol–water partition coefficient (Wildman–Crippen LogP) is 6.00. The standard InChI is InChI=1S/C31H26ClFN4O4/c1-19-15-22(16-28-30(39)36(31(40)35-28)17-29(38)34-27-10-6-5-9-26(27)33)20(2)37(19)23-11-13-24(14-12-23)41-18-21-7-3-4-8-25(21)32/h3-16H,17-18H2,1-2H3,(H,34,38)(H,35,40)/b28-16+. The molecule has 0 unspecified atom stereocenters. The topological polar surface area (TPSA) is 92.7 Å². The van der Waals surface area contributed by atoms with Crippen LogP contribution < -0.4 is 15.4 Å². The lowest BCUT2D eigenvalue weighted by molar-refractivity contribution is -0.127. The molecule has 10 heteroatoms. The Labute approximate surface area is 241 Å². The lowest BCUT2D eigenvalue weighted by atomic mass is 10.2. The Morgan fingerprint density at radius 3 is 2.46 bits per heavy atom. The van der Waals surface area contributed by atoms with Crippen molar-refractivity contribution in [3.63, 3.8) is 0 Å². The van der Waals surface area contributed by atoms with Gasteiger partial charge in [0.15, 0.2) is 0 Å². The zero-order valence-electron chi connectivity index (χ0n) is 22.3. The number of carbonyl (C=O) groups excluding carboxylic acids is 3. The number of hydrogen-bond donors (Lipinski definition) is 2. The van der Waals surface area contributed by atoms with Gasteiger partial charge in [-0.15, -0.1) is 0 Å². The van der Waals surface area contributed by atoms with Crippen LogP contribution in [0.4, 0.5) is 14.9 Å². The van der Waals surface area contributed by atoms with Gasteiger partial charge in [-0.05, 0) is 74.0 Å². The minimum atomic E-state index is -0.730. The Balaban J connectivity index is 1.28. The summed E-state index contributed by atoms with van der Waals surface area (Å²) in [6.07, 6.45) is 1.58. The first kappa shape index (κ1) is 27.7. The van der Waals surface area contributed by atoms with Crippen LogP contribution in [0.2, 0.25) is 5.02 Å². The number of para-hydroxylation sites is 1. The van der Waals surface area contributed by atoms with Crippen molar-refractivity contribution in [1.82, 2.24) is 14.8 Å². The maximum Gasteiger partial charge on any atom is 0.329 e. The van der Waals surface area contributed by atoms with Gasteiger partial charge in [0.1, 0.15) is 30.4 Å². The van der Waals surface area contributed by atoms with Gasteiger partial charge in [0.2, 0.25) is 5.91 Å². The van der Waals surface area contributed by atoms with Crippen LogP contribution in [0.5, 0.6) is 5.75 Å². The van der Waals surface area contributed by atoms with Gasteiger partial charge in [0, 0.05) is 27.7 Å². The molecule has 8 nitrogen and oxygen atoms in total. The quantitative estimate of drug-likeness (QED) is 0.200. The molecule has 1 aliphatic rings. The highest BCUT2D eigenvalue weighted by atomic mass is 35.5. The van der Waals surface area contributed by atoms with Gasteiger partial charge < -0.3 is 19.9 Å². The molecule has 0 spiro atoms. The number of ether oxygens (including phenoxy) is 1. The lowest BCUT2D eigenvalue weighted by Crippen LogP contribution is -2.38. The molecule has 0 aliphatic carbocycles. The van der Waals surface area contributed by atoms with Crippen molar-refractivity contribution in [2.45, 2.75) is 20.5 Å². The minimum absolute atomic E-state index is 0.0343. The Bertz CT molecular complexity index is 1680. The van der Waals surface area contributed by atoms with Crippen molar-refractivity contribution in [3.05, 3.63) is 118 Å². The van der Waals surface area contributed by atoms with E-state index < -0.39 is 30.2 Å². The first-order chi connectivity index (χ1) is 19.7. The molecule has 0 saturated carbocycles. The van der Waals surface area contributed by atoms with E-state index >= 15 is 0 Å². The summed E-state index contributed by atoms with van der Waals surface area (Å²) in [6.45, 7) is 3.63. The predicted molar refractivity (Wildman–Crippen MR) is 154 cm³/mol. The summed E-state index contributed by atoms with van der Waals surface area (Å²) in [7, 11) is 0. The fraction of sp³-hybridized carbons (Fsp3) is 0.129. The number of anilines is 1. The van der Waals surface area contributed by atoms with E-state index in [4.69, 9.17) is 16.3 Å². The number of benzene rings is 3. The number of aromatic nitrogens is 1. The fourth-order valence-corrected chi connectivity index (χ4v) is 4.76. The molecular weight excluding hydrogens is 547 g/mol. The Morgan fingerprint density at radius 1 is 1.02 bits per heavy atom. The molecule has 2 N–H and O–H groups in total. The first-order valence-electron chi connectivity index (χ1n) is 12.8. The molecule has 0 radical (unpaired) electrons. The highest BCUT2D eigenvalue weighted by molar-refractivity contribution is 6.31. The lowest BCUT2D eigenvalue weighted by Gasteiger charge is -2.12. The summed E-state index contributed by atoms with van der Waals surface area (Å²) in [4.78, 5) is 38.6. The van der Waals surface area contributed by atoms with E-state index in [0.29, 0.717) is 17.4 Å². The number of urea groups is 1. The van der Waals surface area contributed by atoms with Crippen LogP contribution in [0.25, 0.3) is 11.8 Å². The largest absolute Gasteiger partial charge is 0.489 e. The number of hydrogen-bond acceptors (Lipinski definition) is 4. The fourth-order valence-electron chi connectivity index (χ4n) is 4.57. The summed E-state index contributed by atoms with van der Waals surface area (Å²) >= 11 is 6.21. The van der Waals surface area contributed by atoms with E-state index in [1.807, 2.05) is 73.0 Å². The summed E-state index contributed by atoms with van der Waals surface area (Å²) in [5, 5.41) is 5.55. The van der Waals surface area contributed by atoms with E-state index in [0.717, 1.165) is 33.1 Å². The molecule has 2 heterocycles. The second-order valence-electron chi connectivity index (χ2n) is 9.44. The van der Waals surface area contributed by atoms with E-state index in [1.165, 1.54) is 18.2 Å². The molecule has 0 atom stereocenters. The van der Waals surface area contributed by atoms with Crippen LogP contribution in [-0.2, 0) is 16.2 Å². The SMILES string of the molecule is Cc1cc(/C=C2/NC(=O)N(CC(=O)Nc3ccccc3F)C2=O)c(C)n1-c1ccc(OCc2ccccc2Cl)cc1. The molecule has 3 aromatic carbocycles. The normalized spacial score (nSPS) is 14.0. The van der Waals surface area contributed by atoms with Crippen molar-refractivity contribution in [2.75, 3.05) is 11.9 Å². The van der Waals surface area contributed by atoms with E-state index in [-0.39, 0.29) is 11.4 Å². The maximum atomic E-state index is 13.9. The highest BCUT2D eigenvalue weighted by Crippen LogP contribution is 2.26. The molecule has 5 rings (SSSR count). The summed E-state index contributed by atoms with van der Waals surface area (Å²) < 4.78 is 21.8. The van der Waals surface area contributed by atoms with Crippen LogP contribution >= 0.6 is 11.6 Å². The zero-order valence-corrected chi connectivity index (χ0v) is 23.0. The third-order valence-electron chi connectivity index (χ3n) is 6.63. The number of rotatable bonds is 8. The second-order valence-corrected chi connectivity index (χ2v) is 9.85. The molecular formula is C31H26ClFN4O4. The number of aryl methyl sites for hydroxylation is 1. The molecule has 208 valence electrons. The van der Waals surface area contributed by atoms with Crippen molar-refractivity contribution in [2.24, 2.45) is 0 Å². The molecule has 1 aromatic heterocycles. The van der Waals surface area contributed by atoms with E-state index in [1.54, 1.807) is 12.1 Å². The highest BCUT2D eigenvalue weighted by Gasteiger charge is 2.35. The van der Waals surface area contributed by atoms with E-state index in [9.17, 15) is 18.8 Å². The number of nitrogens with zero attached hydrogens (tertiary/aromatic N) is 2. The number of amides is 4. The van der Waals surface area contributed by atoms with Gasteiger partial charge in [-0.2, -0.15) is 0 Å². The molecule has 1 fully saturated rings. The van der Waals surface area contributed by atoms with Crippen molar-refractivity contribution < 1.29 is 23.5 Å². The molecule has 1 saturated heterocycles. The maximum absolute atomic E-state index is 13.9. The summed E-state index contributed by atoms with van der Waals surface area (Å²) in [5.41, 5.74) is 4.27. The molecule has 4 aromatic rings. The van der Waals surface area contributed by atoms with Gasteiger partial charge in [-0.1, -0.05) is 41.9 Å². The van der Waals surface area contributed by atoms with Crippen molar-refractivity contribution >= 4 is 41.2 Å². The van der Waals surface area contributed by atoms with Crippen molar-refractivity contribution in [1.29, 1.82) is 0 Å². The number of halogens is 2. The van der Waals surface area contributed by atoms with Gasteiger partial charge in [-0.25, -0.2) is 14.1 Å². The smallest absolute Gasteiger partial charge is 0.329 e. The first-order valence-corrected chi connectivity index (χ1v) is 13.1. The number of imide groups is 1. The summed E-state index contributed by atoms with van der Waals surface area (Å²) in [6, 6.07) is 21.9. The van der Waals surface area contributed by atoms with E-state index in [2.05, 4.69) is 10.6 Å². The van der Waals surface area contributed by atoms with Crippen LogP contribution in [0.1, 0.15) is 22.5 Å². The van der Waals surface area contributed by atoms with Crippen LogP contribution in [0, 0.1) is 19.7 Å². The molecule has 41 heavy (non-hydrogen) atoms. The number of nitrogens with one attached hydrogen (secondary N) is 2. The van der Waals surface area contributed by atoms with Gasteiger partial charge in [-0.3, -0.25) is 9.59 Å². The minimum Gasteiger partial charge on any atom is -0.489 e. The Kier molecular flexibility index (Phi) is 7.89. The Hall–Kier alpha value is -4.89. The monoisotopic (exact) mass is 572 g/mol. The average Bonchev–Trinajstić information content (AvgIpc) is 3.38. The average molecular weight is 573 g/mol. The van der Waals surface area contributed by atoms with Gasteiger partial charge in [0.05, 0.1) is 5.69 Å². The molecule has 1 aliphatic heterocycles. The summed E-state index contributed by atoms with van der Waals surface area (Å²) in [5.74, 6) is -1.27. The zero-order chi connectivity index (χ0) is 29.1. The number of carbonyl (C=O) groups is 3. The third-order valence-corrected chi connectivity index (χ3v) is 7.00. The van der Waals surface area contributed by atoms with Crippen LogP contribution in [-0.4, -0.2) is 33.9 Å².